The van der Waals surface area contributed by atoms with E-state index in [9.17, 15) is 0 Å². The molecule has 0 unspecified atom stereocenters. The van der Waals surface area contributed by atoms with Crippen molar-refractivity contribution in [3.8, 4) is 101 Å². The number of fused-ring (bicyclic) bond motifs is 6. The Balaban J connectivity index is 1.14. The Morgan fingerprint density at radius 1 is 0.247 bits per heavy atom. The van der Waals surface area contributed by atoms with Crippen LogP contribution in [0.2, 0.25) is 0 Å². The molecule has 0 bridgehead atoms. The number of hydrogen-bond donors (Lipinski definition) is 0. The van der Waals surface area contributed by atoms with Crippen molar-refractivity contribution in [2.45, 2.75) is 6.92 Å². The molecular formula is C75H50N6. The van der Waals surface area contributed by atoms with E-state index < -0.39 is 0 Å². The lowest BCUT2D eigenvalue weighted by Crippen LogP contribution is -2.08. The molecule has 0 radical (unpaired) electrons. The van der Waals surface area contributed by atoms with Crippen LogP contribution < -0.4 is 0 Å². The first kappa shape index (κ1) is 47.4. The number of nitrogens with zero attached hydrogens (tertiary/aromatic N) is 6. The number of aryl methyl sites for hydroxylation is 1. The number of para-hydroxylation sites is 1. The van der Waals surface area contributed by atoms with E-state index in [4.69, 9.17) is 19.9 Å². The average molecular weight is 1040 g/mol. The monoisotopic (exact) mass is 1030 g/mol. The third-order valence-corrected chi connectivity index (χ3v) is 15.6. The summed E-state index contributed by atoms with van der Waals surface area (Å²) < 4.78 is 4.96. The van der Waals surface area contributed by atoms with Crippen molar-refractivity contribution in [1.29, 1.82) is 0 Å². The van der Waals surface area contributed by atoms with Gasteiger partial charge in [0.25, 0.3) is 0 Å². The smallest absolute Gasteiger partial charge is 0.160 e. The van der Waals surface area contributed by atoms with E-state index >= 15 is 0 Å². The molecule has 0 saturated carbocycles. The zero-order chi connectivity index (χ0) is 53.8. The minimum atomic E-state index is 0.626. The molecule has 0 fully saturated rings. The van der Waals surface area contributed by atoms with Crippen molar-refractivity contribution < 1.29 is 0 Å². The maximum Gasteiger partial charge on any atom is 0.160 e. The molecule has 81 heavy (non-hydrogen) atoms. The van der Waals surface area contributed by atoms with Crippen LogP contribution in [0.1, 0.15) is 5.56 Å². The first-order valence-corrected chi connectivity index (χ1v) is 27.4. The van der Waals surface area contributed by atoms with E-state index in [1.54, 1.807) is 0 Å². The van der Waals surface area contributed by atoms with Gasteiger partial charge in [-0.15, -0.1) is 0 Å². The molecule has 4 aromatic heterocycles. The molecule has 0 atom stereocenters. The van der Waals surface area contributed by atoms with E-state index in [-0.39, 0.29) is 0 Å². The van der Waals surface area contributed by atoms with Crippen LogP contribution in [0.15, 0.2) is 285 Å². The summed E-state index contributed by atoms with van der Waals surface area (Å²) in [5, 5.41) is 4.61. The Labute approximate surface area is 469 Å². The average Bonchev–Trinajstić information content (AvgIpc) is 3.24. The highest BCUT2D eigenvalue weighted by molar-refractivity contribution is 6.14. The highest BCUT2D eigenvalue weighted by Gasteiger charge is 2.27. The van der Waals surface area contributed by atoms with Crippen molar-refractivity contribution in [2.24, 2.45) is 0 Å². The number of aromatic nitrogens is 6. The summed E-state index contributed by atoms with van der Waals surface area (Å²) in [5.74, 6) is 1.26. The van der Waals surface area contributed by atoms with Crippen LogP contribution in [0, 0.1) is 6.92 Å². The second-order valence-electron chi connectivity index (χ2n) is 20.7. The Bertz CT molecular complexity index is 4630. The van der Waals surface area contributed by atoms with Gasteiger partial charge in [0.15, 0.2) is 11.6 Å². The standard InChI is InChI=1S/C75H50N6/c1-49-36-39-71-60(42-49)59-34-20-21-35-68(59)81(71)73-63(67-48-65(53-28-14-5-15-29-53)77-75(79-67)55-32-18-7-19-33-55)45-58(66-47-64(52-26-12-4-13-27-52)76-74(78-66)54-30-16-6-17-31-54)46-72(73)80-69-40-37-56(50-22-8-2-9-23-50)43-61(69)62-44-57(38-41-70(62)80)51-24-10-3-11-25-51/h2-48H,1H3. The molecule has 0 spiro atoms. The van der Waals surface area contributed by atoms with Crippen LogP contribution in [0.3, 0.4) is 0 Å². The fourth-order valence-corrected chi connectivity index (χ4v) is 11.7. The van der Waals surface area contributed by atoms with E-state index in [0.29, 0.717) is 11.6 Å². The van der Waals surface area contributed by atoms with E-state index in [1.807, 2.05) is 36.4 Å². The number of rotatable bonds is 10. The topological polar surface area (TPSA) is 61.4 Å². The maximum atomic E-state index is 5.68. The van der Waals surface area contributed by atoms with Crippen LogP contribution in [0.5, 0.6) is 0 Å². The zero-order valence-corrected chi connectivity index (χ0v) is 44.3. The highest BCUT2D eigenvalue weighted by Crippen LogP contribution is 2.46. The Morgan fingerprint density at radius 2 is 0.630 bits per heavy atom. The summed E-state index contributed by atoms with van der Waals surface area (Å²) in [6, 6.07) is 101. The molecular weight excluding hydrogens is 985 g/mol. The fraction of sp³-hybridized carbons (Fsp3) is 0.0133. The van der Waals surface area contributed by atoms with Gasteiger partial charge in [0, 0.05) is 54.9 Å². The lowest BCUT2D eigenvalue weighted by atomic mass is 9.97. The lowest BCUT2D eigenvalue weighted by Gasteiger charge is -2.23. The SMILES string of the molecule is Cc1ccc2c(c1)c1ccccc1n2-c1c(-c2cc(-c3ccccc3)nc(-c3ccccc3)n2)cc(-c2cc(-c3ccccc3)nc(-c3ccccc3)n2)cc1-n1c2ccc(-c3ccccc3)cc2c2cc(-c3ccccc3)ccc21. The molecule has 0 aliphatic rings. The van der Waals surface area contributed by atoms with Crippen molar-refractivity contribution in [3.63, 3.8) is 0 Å². The molecule has 0 N–H and O–H groups in total. The van der Waals surface area contributed by atoms with Gasteiger partial charge in [-0.05, 0) is 95.9 Å². The van der Waals surface area contributed by atoms with Gasteiger partial charge in [-0.1, -0.05) is 224 Å². The Hall–Kier alpha value is -10.8. The van der Waals surface area contributed by atoms with E-state index in [2.05, 4.69) is 265 Å². The van der Waals surface area contributed by atoms with Crippen molar-refractivity contribution in [1.82, 2.24) is 29.1 Å². The Kier molecular flexibility index (Phi) is 11.6. The molecule has 15 rings (SSSR count). The van der Waals surface area contributed by atoms with Gasteiger partial charge in [-0.2, -0.15) is 0 Å². The molecule has 0 aliphatic carbocycles. The molecule has 15 aromatic rings. The summed E-state index contributed by atoms with van der Waals surface area (Å²) in [4.78, 5) is 21.9. The number of hydrogen-bond acceptors (Lipinski definition) is 4. The van der Waals surface area contributed by atoms with Crippen LogP contribution in [-0.4, -0.2) is 29.1 Å². The van der Waals surface area contributed by atoms with Crippen LogP contribution in [-0.2, 0) is 0 Å². The van der Waals surface area contributed by atoms with Crippen molar-refractivity contribution in [2.75, 3.05) is 0 Å². The van der Waals surface area contributed by atoms with Gasteiger partial charge in [-0.3, -0.25) is 0 Å². The minimum absolute atomic E-state index is 0.626. The van der Waals surface area contributed by atoms with Gasteiger partial charge >= 0.3 is 0 Å². The predicted molar refractivity (Wildman–Crippen MR) is 335 cm³/mol. The van der Waals surface area contributed by atoms with Crippen molar-refractivity contribution >= 4 is 43.6 Å². The van der Waals surface area contributed by atoms with Crippen molar-refractivity contribution in [3.05, 3.63) is 291 Å². The molecule has 0 saturated heterocycles. The first-order valence-electron chi connectivity index (χ1n) is 27.4. The fourth-order valence-electron chi connectivity index (χ4n) is 11.7. The number of benzene rings is 11. The molecule has 0 aliphatic heterocycles. The molecule has 380 valence electrons. The van der Waals surface area contributed by atoms with Gasteiger partial charge in [0.1, 0.15) is 0 Å². The summed E-state index contributed by atoms with van der Waals surface area (Å²) in [6.45, 7) is 2.18. The summed E-state index contributed by atoms with van der Waals surface area (Å²) in [7, 11) is 0. The van der Waals surface area contributed by atoms with Gasteiger partial charge < -0.3 is 9.13 Å². The maximum absolute atomic E-state index is 5.68. The summed E-state index contributed by atoms with van der Waals surface area (Å²) in [6.07, 6.45) is 0. The molecule has 6 nitrogen and oxygen atoms in total. The quantitative estimate of drug-likeness (QED) is 0.137. The van der Waals surface area contributed by atoms with Gasteiger partial charge in [-0.25, -0.2) is 19.9 Å². The molecule has 6 heteroatoms. The molecule has 4 heterocycles. The summed E-state index contributed by atoms with van der Waals surface area (Å²) in [5.41, 5.74) is 20.8. The normalized spacial score (nSPS) is 11.5. The molecule has 11 aromatic carbocycles. The predicted octanol–water partition coefficient (Wildman–Crippen LogP) is 19.1. The third kappa shape index (κ3) is 8.54. The largest absolute Gasteiger partial charge is 0.307 e. The van der Waals surface area contributed by atoms with Crippen LogP contribution in [0.25, 0.3) is 145 Å². The van der Waals surface area contributed by atoms with Gasteiger partial charge in [0.2, 0.25) is 0 Å². The first-order chi connectivity index (χ1) is 40.1. The third-order valence-electron chi connectivity index (χ3n) is 15.6. The van der Waals surface area contributed by atoms with Crippen LogP contribution in [0.4, 0.5) is 0 Å². The van der Waals surface area contributed by atoms with Gasteiger partial charge in [0.05, 0.1) is 56.2 Å². The van der Waals surface area contributed by atoms with E-state index in [1.165, 1.54) is 10.9 Å². The second-order valence-corrected chi connectivity index (χ2v) is 20.7. The minimum Gasteiger partial charge on any atom is -0.307 e. The van der Waals surface area contributed by atoms with Crippen LogP contribution >= 0.6 is 0 Å². The molecule has 0 amide bonds. The summed E-state index contributed by atoms with van der Waals surface area (Å²) >= 11 is 0. The second kappa shape index (κ2) is 19.9. The lowest BCUT2D eigenvalue weighted by molar-refractivity contribution is 1.09. The van der Waals surface area contributed by atoms with E-state index in [0.717, 1.165) is 128 Å². The highest BCUT2D eigenvalue weighted by atomic mass is 15.1. The zero-order valence-electron chi connectivity index (χ0n) is 44.3. The Morgan fingerprint density at radius 3 is 1.15 bits per heavy atom.